The summed E-state index contributed by atoms with van der Waals surface area (Å²) in [6, 6.07) is 14.9. The quantitative estimate of drug-likeness (QED) is 0.543. The van der Waals surface area contributed by atoms with Gasteiger partial charge in [-0.2, -0.15) is 0 Å². The summed E-state index contributed by atoms with van der Waals surface area (Å²) >= 11 is 0. The molecule has 0 saturated carbocycles. The molecule has 4 N–H and O–H groups in total. The molecule has 0 spiro atoms. The lowest BCUT2D eigenvalue weighted by atomic mass is 10.2. The third-order valence-corrected chi connectivity index (χ3v) is 3.92. The van der Waals surface area contributed by atoms with E-state index in [4.69, 9.17) is 4.74 Å². The number of anilines is 1. The number of amides is 2. The number of aliphatic hydroxyl groups is 1. The Labute approximate surface area is 150 Å². The third-order valence-electron chi connectivity index (χ3n) is 3.92. The molecule has 0 aliphatic heterocycles. The van der Waals surface area contributed by atoms with Crippen molar-refractivity contribution in [2.45, 2.75) is 6.04 Å². The average Bonchev–Trinajstić information content (AvgIpc) is 3.10. The molecule has 7 nitrogen and oxygen atoms in total. The summed E-state index contributed by atoms with van der Waals surface area (Å²) in [4.78, 5) is 27.7. The lowest BCUT2D eigenvalue weighted by Crippen LogP contribution is -2.46. The highest BCUT2D eigenvalue weighted by molar-refractivity contribution is 6.02. The van der Waals surface area contributed by atoms with E-state index in [0.29, 0.717) is 17.1 Å². The van der Waals surface area contributed by atoms with Gasteiger partial charge in [-0.05, 0) is 24.3 Å². The van der Waals surface area contributed by atoms with Gasteiger partial charge in [-0.1, -0.05) is 24.3 Å². The zero-order valence-electron chi connectivity index (χ0n) is 14.2. The molecule has 0 radical (unpaired) electrons. The molecule has 0 saturated heterocycles. The molecule has 1 aromatic heterocycles. The lowest BCUT2D eigenvalue weighted by molar-refractivity contribution is -0.118. The second-order valence-electron chi connectivity index (χ2n) is 5.70. The van der Waals surface area contributed by atoms with E-state index in [2.05, 4.69) is 15.6 Å². The maximum atomic E-state index is 12.4. The zero-order valence-corrected chi connectivity index (χ0v) is 14.2. The van der Waals surface area contributed by atoms with Gasteiger partial charge >= 0.3 is 0 Å². The van der Waals surface area contributed by atoms with Crippen molar-refractivity contribution < 1.29 is 19.4 Å². The van der Waals surface area contributed by atoms with Crippen LogP contribution in [-0.4, -0.2) is 41.7 Å². The molecular formula is C19H19N3O4. The molecule has 26 heavy (non-hydrogen) atoms. The molecule has 2 aromatic carbocycles. The molecule has 0 unspecified atom stereocenters. The number of fused-ring (bicyclic) bond motifs is 1. The Hall–Kier alpha value is -3.32. The Kier molecular flexibility index (Phi) is 5.19. The predicted molar refractivity (Wildman–Crippen MR) is 98.3 cm³/mol. The molecule has 0 bridgehead atoms. The second-order valence-corrected chi connectivity index (χ2v) is 5.70. The number of methoxy groups -OCH3 is 1. The van der Waals surface area contributed by atoms with Crippen molar-refractivity contribution in [3.8, 4) is 5.75 Å². The summed E-state index contributed by atoms with van der Waals surface area (Å²) in [6.07, 6.45) is 0. The molecule has 0 fully saturated rings. The maximum Gasteiger partial charge on any atom is 0.268 e. The number of benzene rings is 2. The summed E-state index contributed by atoms with van der Waals surface area (Å²) in [6.45, 7) is -0.526. The van der Waals surface area contributed by atoms with Crippen LogP contribution in [0.1, 0.15) is 10.5 Å². The smallest absolute Gasteiger partial charge is 0.268 e. The third kappa shape index (κ3) is 3.84. The Morgan fingerprint density at radius 2 is 1.96 bits per heavy atom. The minimum atomic E-state index is -1.08. The van der Waals surface area contributed by atoms with Crippen LogP contribution < -0.4 is 15.4 Å². The number of aromatic nitrogens is 1. The molecule has 3 aromatic rings. The van der Waals surface area contributed by atoms with Crippen LogP contribution in [0.3, 0.4) is 0 Å². The predicted octanol–water partition coefficient (Wildman–Crippen LogP) is 1.91. The van der Waals surface area contributed by atoms with Crippen molar-refractivity contribution in [2.75, 3.05) is 19.0 Å². The SMILES string of the molecule is COc1cccc(NC(=O)[C@H](CO)NC(=O)c2cc3ccccc3[nH]2)c1. The van der Waals surface area contributed by atoms with Crippen LogP contribution in [0.4, 0.5) is 5.69 Å². The van der Waals surface area contributed by atoms with Crippen LogP contribution >= 0.6 is 0 Å². The van der Waals surface area contributed by atoms with Crippen molar-refractivity contribution in [1.29, 1.82) is 0 Å². The van der Waals surface area contributed by atoms with Crippen molar-refractivity contribution in [3.05, 3.63) is 60.3 Å². The molecule has 7 heteroatoms. The number of ether oxygens (including phenoxy) is 1. The Morgan fingerprint density at radius 3 is 2.69 bits per heavy atom. The van der Waals surface area contributed by atoms with E-state index >= 15 is 0 Å². The Bertz CT molecular complexity index is 902. The summed E-state index contributed by atoms with van der Waals surface area (Å²) in [5.74, 6) is -0.406. The number of aliphatic hydroxyl groups excluding tert-OH is 1. The highest BCUT2D eigenvalue weighted by Gasteiger charge is 2.21. The number of H-pyrrole nitrogens is 1. The van der Waals surface area contributed by atoms with Gasteiger partial charge in [0.1, 0.15) is 17.5 Å². The van der Waals surface area contributed by atoms with Gasteiger partial charge < -0.3 is 25.5 Å². The molecule has 1 heterocycles. The van der Waals surface area contributed by atoms with Crippen LogP contribution in [0.15, 0.2) is 54.6 Å². The number of para-hydroxylation sites is 1. The number of aromatic amines is 1. The minimum absolute atomic E-state index is 0.318. The van der Waals surface area contributed by atoms with E-state index in [-0.39, 0.29) is 0 Å². The number of hydrogen-bond acceptors (Lipinski definition) is 4. The van der Waals surface area contributed by atoms with Gasteiger partial charge in [0.25, 0.3) is 5.91 Å². The van der Waals surface area contributed by atoms with E-state index in [1.807, 2.05) is 24.3 Å². The molecular weight excluding hydrogens is 334 g/mol. The van der Waals surface area contributed by atoms with Crippen LogP contribution in [0.25, 0.3) is 10.9 Å². The first-order chi connectivity index (χ1) is 12.6. The number of carbonyl (C=O) groups is 2. The number of rotatable bonds is 6. The van der Waals surface area contributed by atoms with Gasteiger partial charge in [0, 0.05) is 22.7 Å². The summed E-state index contributed by atoms with van der Waals surface area (Å²) in [5.41, 5.74) is 1.64. The van der Waals surface area contributed by atoms with E-state index in [1.54, 1.807) is 30.3 Å². The summed E-state index contributed by atoms with van der Waals surface area (Å²) in [7, 11) is 1.53. The molecule has 3 rings (SSSR count). The maximum absolute atomic E-state index is 12.4. The van der Waals surface area contributed by atoms with Gasteiger partial charge in [0.2, 0.25) is 5.91 Å². The van der Waals surface area contributed by atoms with E-state index in [9.17, 15) is 14.7 Å². The monoisotopic (exact) mass is 353 g/mol. The Balaban J connectivity index is 1.69. The van der Waals surface area contributed by atoms with Crippen LogP contribution in [0.2, 0.25) is 0 Å². The van der Waals surface area contributed by atoms with Gasteiger partial charge in [-0.15, -0.1) is 0 Å². The fraction of sp³-hybridized carbons (Fsp3) is 0.158. The topological polar surface area (TPSA) is 103 Å². The first kappa shape index (κ1) is 17.5. The Morgan fingerprint density at radius 1 is 1.15 bits per heavy atom. The summed E-state index contributed by atoms with van der Waals surface area (Å²) < 4.78 is 5.10. The molecule has 0 aliphatic carbocycles. The van der Waals surface area contributed by atoms with Crippen molar-refractivity contribution in [3.63, 3.8) is 0 Å². The molecule has 1 atom stereocenters. The van der Waals surface area contributed by atoms with Gasteiger partial charge in [0.15, 0.2) is 0 Å². The highest BCUT2D eigenvalue weighted by atomic mass is 16.5. The van der Waals surface area contributed by atoms with Crippen LogP contribution in [0, 0.1) is 0 Å². The zero-order chi connectivity index (χ0) is 18.5. The van der Waals surface area contributed by atoms with E-state index in [1.165, 1.54) is 7.11 Å². The van der Waals surface area contributed by atoms with Gasteiger partial charge in [-0.25, -0.2) is 0 Å². The number of carbonyl (C=O) groups excluding carboxylic acids is 2. The largest absolute Gasteiger partial charge is 0.497 e. The fourth-order valence-corrected chi connectivity index (χ4v) is 2.56. The van der Waals surface area contributed by atoms with Crippen molar-refractivity contribution in [1.82, 2.24) is 10.3 Å². The van der Waals surface area contributed by atoms with Gasteiger partial charge in [0.05, 0.1) is 13.7 Å². The standard InChI is InChI=1S/C19H19N3O4/c1-26-14-7-4-6-13(10-14)20-19(25)17(11-23)22-18(24)16-9-12-5-2-3-8-15(12)21-16/h2-10,17,21,23H,11H2,1H3,(H,20,25)(H,22,24)/t17-/m0/s1. The van der Waals surface area contributed by atoms with Crippen LogP contribution in [-0.2, 0) is 4.79 Å². The highest BCUT2D eigenvalue weighted by Crippen LogP contribution is 2.17. The number of hydrogen-bond donors (Lipinski definition) is 4. The molecule has 134 valence electrons. The first-order valence-electron chi connectivity index (χ1n) is 8.05. The average molecular weight is 353 g/mol. The summed E-state index contributed by atoms with van der Waals surface area (Å²) in [5, 5.41) is 15.6. The normalized spacial score (nSPS) is 11.8. The second kappa shape index (κ2) is 7.71. The first-order valence-corrected chi connectivity index (χ1v) is 8.05. The minimum Gasteiger partial charge on any atom is -0.497 e. The van der Waals surface area contributed by atoms with E-state index in [0.717, 1.165) is 10.9 Å². The number of nitrogens with one attached hydrogen (secondary N) is 3. The van der Waals surface area contributed by atoms with E-state index < -0.39 is 24.5 Å². The lowest BCUT2D eigenvalue weighted by Gasteiger charge is -2.16. The fourth-order valence-electron chi connectivity index (χ4n) is 2.56. The molecule has 0 aliphatic rings. The van der Waals surface area contributed by atoms with Crippen molar-refractivity contribution >= 4 is 28.4 Å². The van der Waals surface area contributed by atoms with Crippen molar-refractivity contribution in [2.24, 2.45) is 0 Å². The van der Waals surface area contributed by atoms with Gasteiger partial charge in [-0.3, -0.25) is 9.59 Å². The van der Waals surface area contributed by atoms with Crippen LogP contribution in [0.5, 0.6) is 5.75 Å². The molecule has 2 amide bonds.